The number of aryl methyl sites for hydroxylation is 1. The zero-order chi connectivity index (χ0) is 29.2. The molecule has 208 valence electrons. The molecule has 3 nitrogen and oxygen atoms in total. The van der Waals surface area contributed by atoms with Crippen LogP contribution in [0.25, 0.3) is 61.6 Å². The van der Waals surface area contributed by atoms with Crippen LogP contribution in [0.3, 0.4) is 0 Å². The summed E-state index contributed by atoms with van der Waals surface area (Å²) >= 11 is 0. The fourth-order valence-electron chi connectivity index (χ4n) is 6.15. The van der Waals surface area contributed by atoms with Gasteiger partial charge in [0.1, 0.15) is 0 Å². The molecule has 0 saturated carbocycles. The van der Waals surface area contributed by atoms with Crippen molar-refractivity contribution in [2.75, 3.05) is 0 Å². The topological polar surface area (TPSA) is 30.7 Å². The average molecular weight is 556 g/mol. The fourth-order valence-corrected chi connectivity index (χ4v) is 6.15. The maximum Gasteiger partial charge on any atom is 0.160 e. The molecule has 0 amide bonds. The van der Waals surface area contributed by atoms with E-state index in [2.05, 4.69) is 122 Å². The molecule has 0 fully saturated rings. The SMILES string of the molecule is CCc1ccccc1-c1c(CC)n(-c2ccc(-c3nc(-c4ccccc4)cc(-c4ccccc4)n3)cc2)c2ccccc12. The summed E-state index contributed by atoms with van der Waals surface area (Å²) in [6, 6.07) is 49.1. The molecule has 0 atom stereocenters. The first-order valence-corrected chi connectivity index (χ1v) is 15.1. The number of nitrogens with zero attached hydrogens (tertiary/aromatic N) is 3. The van der Waals surface area contributed by atoms with E-state index >= 15 is 0 Å². The van der Waals surface area contributed by atoms with Crippen molar-refractivity contribution in [1.29, 1.82) is 0 Å². The third-order valence-corrected chi connectivity index (χ3v) is 8.22. The second-order valence-electron chi connectivity index (χ2n) is 10.8. The Hall–Kier alpha value is -5.28. The van der Waals surface area contributed by atoms with Crippen LogP contribution in [-0.2, 0) is 12.8 Å². The summed E-state index contributed by atoms with van der Waals surface area (Å²) in [5.41, 5.74) is 12.7. The summed E-state index contributed by atoms with van der Waals surface area (Å²) in [5.74, 6) is 0.720. The Balaban J connectivity index is 1.36. The first kappa shape index (κ1) is 26.6. The van der Waals surface area contributed by atoms with Crippen molar-refractivity contribution in [2.45, 2.75) is 26.7 Å². The van der Waals surface area contributed by atoms with Gasteiger partial charge in [0.05, 0.1) is 16.9 Å². The molecular formula is C40H33N3. The number of aromatic nitrogens is 3. The summed E-state index contributed by atoms with van der Waals surface area (Å²) in [4.78, 5) is 10.1. The minimum Gasteiger partial charge on any atom is -0.313 e. The van der Waals surface area contributed by atoms with Gasteiger partial charge in [0.2, 0.25) is 0 Å². The summed E-state index contributed by atoms with van der Waals surface area (Å²) in [6.45, 7) is 4.49. The van der Waals surface area contributed by atoms with Crippen LogP contribution in [-0.4, -0.2) is 14.5 Å². The smallest absolute Gasteiger partial charge is 0.160 e. The molecule has 7 aromatic rings. The molecule has 0 spiro atoms. The van der Waals surface area contributed by atoms with Gasteiger partial charge in [0, 0.05) is 39.0 Å². The number of hydrogen-bond acceptors (Lipinski definition) is 2. The van der Waals surface area contributed by atoms with Crippen molar-refractivity contribution in [3.63, 3.8) is 0 Å². The summed E-state index contributed by atoms with van der Waals surface area (Å²) in [6.07, 6.45) is 1.92. The molecule has 0 saturated heterocycles. The van der Waals surface area contributed by atoms with Crippen LogP contribution < -0.4 is 0 Å². The number of benzene rings is 5. The lowest BCUT2D eigenvalue weighted by atomic mass is 9.95. The van der Waals surface area contributed by atoms with Gasteiger partial charge >= 0.3 is 0 Å². The highest BCUT2D eigenvalue weighted by Gasteiger charge is 2.20. The van der Waals surface area contributed by atoms with E-state index in [1.807, 2.05) is 36.4 Å². The zero-order valence-electron chi connectivity index (χ0n) is 24.5. The average Bonchev–Trinajstić information content (AvgIpc) is 3.43. The van der Waals surface area contributed by atoms with Crippen LogP contribution in [0.1, 0.15) is 25.1 Å². The maximum atomic E-state index is 5.03. The minimum atomic E-state index is 0.720. The van der Waals surface area contributed by atoms with Crippen LogP contribution >= 0.6 is 0 Å². The van der Waals surface area contributed by atoms with Gasteiger partial charge in [0.15, 0.2) is 5.82 Å². The molecule has 0 radical (unpaired) electrons. The molecule has 5 aromatic carbocycles. The number of para-hydroxylation sites is 1. The number of hydrogen-bond donors (Lipinski definition) is 0. The molecule has 2 aromatic heterocycles. The Labute approximate surface area is 253 Å². The van der Waals surface area contributed by atoms with Gasteiger partial charge in [-0.2, -0.15) is 0 Å². The Bertz CT molecular complexity index is 1960. The van der Waals surface area contributed by atoms with Crippen molar-refractivity contribution in [3.05, 3.63) is 151 Å². The normalized spacial score (nSPS) is 11.2. The minimum absolute atomic E-state index is 0.720. The highest BCUT2D eigenvalue weighted by molar-refractivity contribution is 6.00. The van der Waals surface area contributed by atoms with Gasteiger partial charge in [-0.15, -0.1) is 0 Å². The first-order chi connectivity index (χ1) is 21.2. The fraction of sp³-hybridized carbons (Fsp3) is 0.100. The molecule has 3 heteroatoms. The number of rotatable bonds is 7. The molecular weight excluding hydrogens is 522 g/mol. The van der Waals surface area contributed by atoms with E-state index in [1.165, 1.54) is 33.3 Å². The van der Waals surface area contributed by atoms with Crippen molar-refractivity contribution in [1.82, 2.24) is 14.5 Å². The van der Waals surface area contributed by atoms with Crippen LogP contribution in [0.15, 0.2) is 140 Å². The lowest BCUT2D eigenvalue weighted by molar-refractivity contribution is 0.961. The standard InChI is InChI=1S/C40H33N3/c1-3-28-15-11-12-20-33(28)39-34-21-13-14-22-38(34)43(37(39)4-2)32-25-23-31(24-26-32)40-41-35(29-16-7-5-8-17-29)27-36(42-40)30-18-9-6-10-19-30/h5-27H,3-4H2,1-2H3. The van der Waals surface area contributed by atoms with Crippen LogP contribution in [0.4, 0.5) is 0 Å². The third kappa shape index (κ3) is 4.93. The summed E-state index contributed by atoms with van der Waals surface area (Å²) in [5, 5.41) is 1.29. The Morgan fingerprint density at radius 3 is 1.74 bits per heavy atom. The van der Waals surface area contributed by atoms with E-state index in [0.717, 1.165) is 52.4 Å². The van der Waals surface area contributed by atoms with E-state index in [9.17, 15) is 0 Å². The Morgan fingerprint density at radius 2 is 1.12 bits per heavy atom. The predicted molar refractivity (Wildman–Crippen MR) is 179 cm³/mol. The molecule has 0 aliphatic heterocycles. The van der Waals surface area contributed by atoms with E-state index in [0.29, 0.717) is 0 Å². The highest BCUT2D eigenvalue weighted by atomic mass is 15.0. The second kappa shape index (κ2) is 11.5. The lowest BCUT2D eigenvalue weighted by Gasteiger charge is -2.14. The third-order valence-electron chi connectivity index (χ3n) is 8.22. The van der Waals surface area contributed by atoms with Crippen molar-refractivity contribution >= 4 is 10.9 Å². The number of fused-ring (bicyclic) bond motifs is 1. The van der Waals surface area contributed by atoms with E-state index in [-0.39, 0.29) is 0 Å². The Kier molecular flexibility index (Phi) is 7.14. The van der Waals surface area contributed by atoms with Gasteiger partial charge in [-0.3, -0.25) is 0 Å². The molecule has 0 aliphatic rings. The summed E-state index contributed by atoms with van der Waals surface area (Å²) in [7, 11) is 0. The zero-order valence-corrected chi connectivity index (χ0v) is 24.5. The van der Waals surface area contributed by atoms with E-state index in [4.69, 9.17) is 9.97 Å². The van der Waals surface area contributed by atoms with Gasteiger partial charge in [-0.05, 0) is 60.4 Å². The first-order valence-electron chi connectivity index (χ1n) is 15.1. The molecule has 43 heavy (non-hydrogen) atoms. The van der Waals surface area contributed by atoms with Gasteiger partial charge < -0.3 is 4.57 Å². The monoisotopic (exact) mass is 555 g/mol. The molecule has 0 aliphatic carbocycles. The van der Waals surface area contributed by atoms with Crippen molar-refractivity contribution < 1.29 is 0 Å². The van der Waals surface area contributed by atoms with Gasteiger partial charge in [0.25, 0.3) is 0 Å². The van der Waals surface area contributed by atoms with Crippen molar-refractivity contribution in [3.8, 4) is 50.7 Å². The predicted octanol–water partition coefficient (Wildman–Crippen LogP) is 10.2. The molecule has 0 bridgehead atoms. The Morgan fingerprint density at radius 1 is 0.535 bits per heavy atom. The van der Waals surface area contributed by atoms with E-state index in [1.54, 1.807) is 0 Å². The van der Waals surface area contributed by atoms with Crippen LogP contribution in [0, 0.1) is 0 Å². The van der Waals surface area contributed by atoms with Crippen LogP contribution in [0.2, 0.25) is 0 Å². The van der Waals surface area contributed by atoms with Gasteiger partial charge in [-0.1, -0.05) is 117 Å². The van der Waals surface area contributed by atoms with Gasteiger partial charge in [-0.25, -0.2) is 9.97 Å². The summed E-state index contributed by atoms with van der Waals surface area (Å²) < 4.78 is 2.43. The second-order valence-corrected chi connectivity index (χ2v) is 10.8. The molecule has 0 unspecified atom stereocenters. The van der Waals surface area contributed by atoms with E-state index < -0.39 is 0 Å². The molecule has 2 heterocycles. The maximum absolute atomic E-state index is 5.03. The lowest BCUT2D eigenvalue weighted by Crippen LogP contribution is -2.01. The molecule has 7 rings (SSSR count). The quantitative estimate of drug-likeness (QED) is 0.196. The highest BCUT2D eigenvalue weighted by Crippen LogP contribution is 2.39. The van der Waals surface area contributed by atoms with Crippen molar-refractivity contribution in [2.24, 2.45) is 0 Å². The largest absolute Gasteiger partial charge is 0.313 e. The van der Waals surface area contributed by atoms with Crippen LogP contribution in [0.5, 0.6) is 0 Å². The molecule has 0 N–H and O–H groups in total.